The SMILES string of the molecule is CCCCCCCCNCC(Cl)CC(C)C. The Morgan fingerprint density at radius 2 is 1.62 bits per heavy atom. The summed E-state index contributed by atoms with van der Waals surface area (Å²) in [5, 5.41) is 3.76. The summed E-state index contributed by atoms with van der Waals surface area (Å²) in [5.41, 5.74) is 0. The Labute approximate surface area is 107 Å². The van der Waals surface area contributed by atoms with Crippen LogP contribution >= 0.6 is 11.6 Å². The highest BCUT2D eigenvalue weighted by molar-refractivity contribution is 6.20. The molecule has 0 aliphatic rings. The van der Waals surface area contributed by atoms with Gasteiger partial charge in [-0.15, -0.1) is 11.6 Å². The molecular formula is C14H30ClN. The fraction of sp³-hybridized carbons (Fsp3) is 1.00. The van der Waals surface area contributed by atoms with Crippen LogP contribution in [0.2, 0.25) is 0 Å². The van der Waals surface area contributed by atoms with E-state index in [4.69, 9.17) is 11.6 Å². The fourth-order valence-electron chi connectivity index (χ4n) is 1.88. The van der Waals surface area contributed by atoms with Crippen LogP contribution in [0, 0.1) is 5.92 Å². The van der Waals surface area contributed by atoms with Crippen molar-refractivity contribution in [2.45, 2.75) is 71.1 Å². The second-order valence-electron chi connectivity index (χ2n) is 5.20. The molecule has 0 rings (SSSR count). The first-order valence-corrected chi connectivity index (χ1v) is 7.45. The molecule has 0 spiro atoms. The van der Waals surface area contributed by atoms with E-state index < -0.39 is 0 Å². The first kappa shape index (κ1) is 16.2. The Hall–Kier alpha value is 0.250. The molecule has 98 valence electrons. The maximum Gasteiger partial charge on any atom is 0.0463 e. The van der Waals surface area contributed by atoms with Crippen LogP contribution in [0.1, 0.15) is 65.7 Å². The number of rotatable bonds is 11. The second-order valence-corrected chi connectivity index (χ2v) is 5.82. The van der Waals surface area contributed by atoms with Gasteiger partial charge in [-0.1, -0.05) is 52.9 Å². The summed E-state index contributed by atoms with van der Waals surface area (Å²) in [4.78, 5) is 0. The quantitative estimate of drug-likeness (QED) is 0.416. The molecule has 1 nitrogen and oxygen atoms in total. The average molecular weight is 248 g/mol. The minimum Gasteiger partial charge on any atom is -0.315 e. The molecule has 2 heteroatoms. The van der Waals surface area contributed by atoms with E-state index in [1.165, 1.54) is 38.5 Å². The topological polar surface area (TPSA) is 12.0 Å². The number of unbranched alkanes of at least 4 members (excludes halogenated alkanes) is 5. The van der Waals surface area contributed by atoms with Gasteiger partial charge in [-0.3, -0.25) is 0 Å². The van der Waals surface area contributed by atoms with Crippen LogP contribution in [0.5, 0.6) is 0 Å². The molecule has 0 bridgehead atoms. The molecule has 1 atom stereocenters. The van der Waals surface area contributed by atoms with E-state index in [1.54, 1.807) is 0 Å². The normalized spacial score (nSPS) is 13.3. The number of alkyl halides is 1. The van der Waals surface area contributed by atoms with Gasteiger partial charge >= 0.3 is 0 Å². The number of halogens is 1. The van der Waals surface area contributed by atoms with Gasteiger partial charge in [-0.2, -0.15) is 0 Å². The molecule has 0 saturated carbocycles. The molecule has 0 saturated heterocycles. The van der Waals surface area contributed by atoms with E-state index in [1.807, 2.05) is 0 Å². The lowest BCUT2D eigenvalue weighted by atomic mass is 10.1. The summed E-state index contributed by atoms with van der Waals surface area (Å²) in [5.74, 6) is 0.707. The first-order chi connectivity index (χ1) is 7.66. The molecule has 0 aliphatic heterocycles. The van der Waals surface area contributed by atoms with Crippen LogP contribution in [0.15, 0.2) is 0 Å². The van der Waals surface area contributed by atoms with Gasteiger partial charge in [0.05, 0.1) is 0 Å². The van der Waals surface area contributed by atoms with E-state index in [0.29, 0.717) is 11.3 Å². The van der Waals surface area contributed by atoms with Crippen LogP contribution in [0.4, 0.5) is 0 Å². The van der Waals surface area contributed by atoms with Crippen molar-refractivity contribution in [1.82, 2.24) is 5.32 Å². The van der Waals surface area contributed by atoms with Crippen LogP contribution in [0.3, 0.4) is 0 Å². The third-order valence-electron chi connectivity index (χ3n) is 2.80. The summed E-state index contributed by atoms with van der Waals surface area (Å²) < 4.78 is 0. The number of hydrogen-bond acceptors (Lipinski definition) is 1. The van der Waals surface area contributed by atoms with Gasteiger partial charge in [0.1, 0.15) is 0 Å². The van der Waals surface area contributed by atoms with Crippen molar-refractivity contribution in [1.29, 1.82) is 0 Å². The van der Waals surface area contributed by atoms with Crippen LogP contribution in [0.25, 0.3) is 0 Å². The van der Waals surface area contributed by atoms with Crippen molar-refractivity contribution in [3.05, 3.63) is 0 Å². The molecule has 1 N–H and O–H groups in total. The number of nitrogens with one attached hydrogen (secondary N) is 1. The van der Waals surface area contributed by atoms with Crippen molar-refractivity contribution < 1.29 is 0 Å². The Balaban J connectivity index is 3.08. The van der Waals surface area contributed by atoms with Crippen molar-refractivity contribution in [2.75, 3.05) is 13.1 Å². The molecule has 0 fully saturated rings. The summed E-state index contributed by atoms with van der Waals surface area (Å²) in [6.07, 6.45) is 9.31. The van der Waals surface area contributed by atoms with E-state index >= 15 is 0 Å². The average Bonchev–Trinajstić information content (AvgIpc) is 2.21. The predicted octanol–water partition coefficient (Wildman–Crippen LogP) is 4.59. The summed E-state index contributed by atoms with van der Waals surface area (Å²) in [7, 11) is 0. The minimum absolute atomic E-state index is 0.306. The Bertz CT molecular complexity index is 137. The highest BCUT2D eigenvalue weighted by atomic mass is 35.5. The molecule has 0 aliphatic carbocycles. The largest absolute Gasteiger partial charge is 0.315 e. The third kappa shape index (κ3) is 12.3. The standard InChI is InChI=1S/C14H30ClN/c1-4-5-6-7-8-9-10-16-12-14(15)11-13(2)3/h13-14,16H,4-12H2,1-3H3. The third-order valence-corrected chi connectivity index (χ3v) is 3.13. The summed E-state index contributed by atoms with van der Waals surface area (Å²) >= 11 is 6.19. The van der Waals surface area contributed by atoms with E-state index in [2.05, 4.69) is 26.1 Å². The molecule has 0 radical (unpaired) electrons. The lowest BCUT2D eigenvalue weighted by Crippen LogP contribution is -2.25. The van der Waals surface area contributed by atoms with Gasteiger partial charge in [0, 0.05) is 11.9 Å². The zero-order valence-electron chi connectivity index (χ0n) is 11.4. The maximum atomic E-state index is 6.19. The lowest BCUT2D eigenvalue weighted by molar-refractivity contribution is 0.519. The van der Waals surface area contributed by atoms with Crippen molar-refractivity contribution in [2.24, 2.45) is 5.92 Å². The monoisotopic (exact) mass is 247 g/mol. The first-order valence-electron chi connectivity index (χ1n) is 7.01. The van der Waals surface area contributed by atoms with Crippen molar-refractivity contribution >= 4 is 11.6 Å². The molecule has 0 aromatic carbocycles. The Kier molecular flexibility index (Phi) is 11.9. The minimum atomic E-state index is 0.306. The predicted molar refractivity (Wildman–Crippen MR) is 75.3 cm³/mol. The highest BCUT2D eigenvalue weighted by Crippen LogP contribution is 2.09. The summed E-state index contributed by atoms with van der Waals surface area (Å²) in [6.45, 7) is 8.81. The molecule has 0 heterocycles. The van der Waals surface area contributed by atoms with Crippen LogP contribution < -0.4 is 5.32 Å². The van der Waals surface area contributed by atoms with E-state index in [-0.39, 0.29) is 0 Å². The fourth-order valence-corrected chi connectivity index (χ4v) is 2.35. The van der Waals surface area contributed by atoms with E-state index in [0.717, 1.165) is 19.5 Å². The smallest absolute Gasteiger partial charge is 0.0463 e. The van der Waals surface area contributed by atoms with Crippen LogP contribution in [-0.4, -0.2) is 18.5 Å². The maximum absolute atomic E-state index is 6.19. The Morgan fingerprint density at radius 1 is 1.00 bits per heavy atom. The van der Waals surface area contributed by atoms with Crippen molar-refractivity contribution in [3.8, 4) is 0 Å². The second kappa shape index (κ2) is 11.7. The van der Waals surface area contributed by atoms with Gasteiger partial charge in [-0.25, -0.2) is 0 Å². The zero-order chi connectivity index (χ0) is 12.2. The molecular weight excluding hydrogens is 218 g/mol. The highest BCUT2D eigenvalue weighted by Gasteiger charge is 2.05. The van der Waals surface area contributed by atoms with Gasteiger partial charge in [0.2, 0.25) is 0 Å². The van der Waals surface area contributed by atoms with Crippen LogP contribution in [-0.2, 0) is 0 Å². The van der Waals surface area contributed by atoms with Gasteiger partial charge in [0.15, 0.2) is 0 Å². The van der Waals surface area contributed by atoms with Gasteiger partial charge < -0.3 is 5.32 Å². The molecule has 0 amide bonds. The lowest BCUT2D eigenvalue weighted by Gasteiger charge is -2.12. The number of hydrogen-bond donors (Lipinski definition) is 1. The molecule has 16 heavy (non-hydrogen) atoms. The Morgan fingerprint density at radius 3 is 2.25 bits per heavy atom. The van der Waals surface area contributed by atoms with Gasteiger partial charge in [0.25, 0.3) is 0 Å². The van der Waals surface area contributed by atoms with Gasteiger partial charge in [-0.05, 0) is 25.3 Å². The molecule has 1 unspecified atom stereocenters. The molecule has 0 aromatic heterocycles. The zero-order valence-corrected chi connectivity index (χ0v) is 12.2. The van der Waals surface area contributed by atoms with E-state index in [9.17, 15) is 0 Å². The molecule has 0 aromatic rings. The summed E-state index contributed by atoms with van der Waals surface area (Å²) in [6, 6.07) is 0. The van der Waals surface area contributed by atoms with Crippen molar-refractivity contribution in [3.63, 3.8) is 0 Å².